The molecule has 0 aliphatic heterocycles. The van der Waals surface area contributed by atoms with E-state index in [-0.39, 0.29) is 0 Å². The lowest BCUT2D eigenvalue weighted by Crippen LogP contribution is -2.02. The SMILES string of the molecule is C=CCCc1cc(-c2ccc(-c3ccccc3)c3c2CCC=C3)ncn1. The fraction of sp³-hybridized carbons (Fsp3) is 0.167. The minimum Gasteiger partial charge on any atom is -0.241 e. The Kier molecular flexibility index (Phi) is 4.74. The van der Waals surface area contributed by atoms with Gasteiger partial charge in [-0.2, -0.15) is 0 Å². The van der Waals surface area contributed by atoms with Crippen LogP contribution in [0.3, 0.4) is 0 Å². The first kappa shape index (κ1) is 16.5. The summed E-state index contributed by atoms with van der Waals surface area (Å²) in [6.07, 6.45) is 12.1. The molecular formula is C24H22N2. The van der Waals surface area contributed by atoms with E-state index in [1.807, 2.05) is 6.08 Å². The Bertz CT molecular complexity index is 955. The van der Waals surface area contributed by atoms with Crippen LogP contribution >= 0.6 is 0 Å². The zero-order valence-corrected chi connectivity index (χ0v) is 14.9. The van der Waals surface area contributed by atoms with Crippen molar-refractivity contribution in [3.05, 3.63) is 90.4 Å². The van der Waals surface area contributed by atoms with Crippen molar-refractivity contribution in [2.24, 2.45) is 0 Å². The van der Waals surface area contributed by atoms with Crippen LogP contribution in [0.25, 0.3) is 28.5 Å². The van der Waals surface area contributed by atoms with E-state index in [2.05, 4.69) is 77.2 Å². The predicted octanol–water partition coefficient (Wildman–Crippen LogP) is 5.89. The van der Waals surface area contributed by atoms with Crippen molar-refractivity contribution in [1.29, 1.82) is 0 Å². The molecule has 0 radical (unpaired) electrons. The molecule has 2 heteroatoms. The molecule has 0 N–H and O–H groups in total. The Balaban J connectivity index is 1.82. The third kappa shape index (κ3) is 3.23. The molecule has 2 aromatic carbocycles. The minimum atomic E-state index is 0.906. The van der Waals surface area contributed by atoms with Gasteiger partial charge in [0.2, 0.25) is 0 Å². The zero-order valence-electron chi connectivity index (χ0n) is 14.9. The van der Waals surface area contributed by atoms with Crippen molar-refractivity contribution in [3.63, 3.8) is 0 Å². The second-order valence-corrected chi connectivity index (χ2v) is 6.58. The minimum absolute atomic E-state index is 0.906. The number of fused-ring (bicyclic) bond motifs is 1. The van der Waals surface area contributed by atoms with Crippen LogP contribution in [-0.4, -0.2) is 9.97 Å². The second kappa shape index (κ2) is 7.49. The third-order valence-corrected chi connectivity index (χ3v) is 4.89. The van der Waals surface area contributed by atoms with Crippen molar-refractivity contribution in [1.82, 2.24) is 9.97 Å². The number of hydrogen-bond donors (Lipinski definition) is 0. The fourth-order valence-corrected chi connectivity index (χ4v) is 3.59. The summed E-state index contributed by atoms with van der Waals surface area (Å²) in [5, 5.41) is 0. The lowest BCUT2D eigenvalue weighted by atomic mass is 9.85. The van der Waals surface area contributed by atoms with Crippen molar-refractivity contribution in [2.75, 3.05) is 0 Å². The van der Waals surface area contributed by atoms with Gasteiger partial charge < -0.3 is 0 Å². The van der Waals surface area contributed by atoms with Gasteiger partial charge in [-0.25, -0.2) is 9.97 Å². The predicted molar refractivity (Wildman–Crippen MR) is 109 cm³/mol. The van der Waals surface area contributed by atoms with Crippen LogP contribution in [-0.2, 0) is 12.8 Å². The van der Waals surface area contributed by atoms with Crippen LogP contribution in [0.4, 0.5) is 0 Å². The summed E-state index contributed by atoms with van der Waals surface area (Å²) in [6, 6.07) is 17.2. The van der Waals surface area contributed by atoms with Gasteiger partial charge in [0, 0.05) is 11.3 Å². The molecule has 0 fully saturated rings. The lowest BCUT2D eigenvalue weighted by molar-refractivity contribution is 0.927. The van der Waals surface area contributed by atoms with E-state index >= 15 is 0 Å². The fourth-order valence-electron chi connectivity index (χ4n) is 3.59. The van der Waals surface area contributed by atoms with Crippen LogP contribution in [0, 0.1) is 0 Å². The molecule has 4 rings (SSSR count). The molecule has 2 nitrogen and oxygen atoms in total. The van der Waals surface area contributed by atoms with E-state index in [0.29, 0.717) is 0 Å². The van der Waals surface area contributed by atoms with Gasteiger partial charge in [0.1, 0.15) is 6.33 Å². The van der Waals surface area contributed by atoms with Gasteiger partial charge in [-0.15, -0.1) is 6.58 Å². The highest BCUT2D eigenvalue weighted by atomic mass is 14.8. The number of nitrogens with zero attached hydrogens (tertiary/aromatic N) is 2. The summed E-state index contributed by atoms with van der Waals surface area (Å²) in [5.41, 5.74) is 8.59. The molecule has 1 aliphatic rings. The molecule has 0 saturated heterocycles. The average Bonchev–Trinajstić information content (AvgIpc) is 2.72. The Morgan fingerprint density at radius 1 is 1.00 bits per heavy atom. The van der Waals surface area contributed by atoms with Gasteiger partial charge >= 0.3 is 0 Å². The first-order valence-electron chi connectivity index (χ1n) is 9.17. The summed E-state index contributed by atoms with van der Waals surface area (Å²) in [7, 11) is 0. The monoisotopic (exact) mass is 338 g/mol. The number of rotatable bonds is 5. The first-order valence-corrected chi connectivity index (χ1v) is 9.17. The van der Waals surface area contributed by atoms with Gasteiger partial charge in [0.25, 0.3) is 0 Å². The molecule has 1 aliphatic carbocycles. The molecule has 0 saturated carbocycles. The summed E-state index contributed by atoms with van der Waals surface area (Å²) in [6.45, 7) is 3.80. The Labute approximate surface area is 155 Å². The van der Waals surface area contributed by atoms with Gasteiger partial charge in [0.05, 0.1) is 5.69 Å². The van der Waals surface area contributed by atoms with E-state index in [0.717, 1.165) is 37.1 Å². The third-order valence-electron chi connectivity index (χ3n) is 4.89. The van der Waals surface area contributed by atoms with Gasteiger partial charge in [-0.1, -0.05) is 60.7 Å². The molecule has 1 aromatic heterocycles. The molecule has 0 spiro atoms. The topological polar surface area (TPSA) is 25.8 Å². The second-order valence-electron chi connectivity index (χ2n) is 6.58. The van der Waals surface area contributed by atoms with Crippen LogP contribution in [0.2, 0.25) is 0 Å². The molecule has 0 unspecified atom stereocenters. The average molecular weight is 338 g/mol. The first-order chi connectivity index (χ1) is 12.9. The largest absolute Gasteiger partial charge is 0.241 e. The van der Waals surface area contributed by atoms with Crippen LogP contribution < -0.4 is 0 Å². The maximum Gasteiger partial charge on any atom is 0.116 e. The number of aryl methyl sites for hydroxylation is 1. The highest BCUT2D eigenvalue weighted by Gasteiger charge is 2.17. The molecule has 26 heavy (non-hydrogen) atoms. The van der Waals surface area contributed by atoms with Crippen molar-refractivity contribution in [3.8, 4) is 22.4 Å². The molecule has 0 amide bonds. The van der Waals surface area contributed by atoms with Crippen LogP contribution in [0.1, 0.15) is 29.7 Å². The van der Waals surface area contributed by atoms with Crippen LogP contribution in [0.5, 0.6) is 0 Å². The zero-order chi connectivity index (χ0) is 17.8. The Hall–Kier alpha value is -3.00. The highest BCUT2D eigenvalue weighted by molar-refractivity contribution is 5.83. The quantitative estimate of drug-likeness (QED) is 0.542. The van der Waals surface area contributed by atoms with E-state index in [1.54, 1.807) is 6.33 Å². The number of allylic oxidation sites excluding steroid dienone is 2. The van der Waals surface area contributed by atoms with E-state index in [1.165, 1.54) is 27.8 Å². The van der Waals surface area contributed by atoms with Crippen LogP contribution in [0.15, 0.2) is 73.6 Å². The summed E-state index contributed by atoms with van der Waals surface area (Å²) >= 11 is 0. The van der Waals surface area contributed by atoms with E-state index < -0.39 is 0 Å². The van der Waals surface area contributed by atoms with E-state index in [9.17, 15) is 0 Å². The molecule has 128 valence electrons. The van der Waals surface area contributed by atoms with Crippen molar-refractivity contribution >= 4 is 6.08 Å². The molecule has 0 atom stereocenters. The maximum atomic E-state index is 4.57. The van der Waals surface area contributed by atoms with Gasteiger partial charge in [-0.05, 0) is 54.0 Å². The van der Waals surface area contributed by atoms with Gasteiger partial charge in [0.15, 0.2) is 0 Å². The summed E-state index contributed by atoms with van der Waals surface area (Å²) < 4.78 is 0. The van der Waals surface area contributed by atoms with Crippen molar-refractivity contribution < 1.29 is 0 Å². The van der Waals surface area contributed by atoms with Crippen molar-refractivity contribution in [2.45, 2.75) is 25.7 Å². The number of hydrogen-bond acceptors (Lipinski definition) is 2. The Morgan fingerprint density at radius 2 is 1.85 bits per heavy atom. The summed E-state index contributed by atoms with van der Waals surface area (Å²) in [5.74, 6) is 0. The van der Waals surface area contributed by atoms with E-state index in [4.69, 9.17) is 0 Å². The summed E-state index contributed by atoms with van der Waals surface area (Å²) in [4.78, 5) is 8.97. The number of aromatic nitrogens is 2. The molecule has 1 heterocycles. The normalized spacial score (nSPS) is 12.6. The highest BCUT2D eigenvalue weighted by Crippen LogP contribution is 2.36. The maximum absolute atomic E-state index is 4.57. The molecule has 3 aromatic rings. The molecule has 0 bridgehead atoms. The standard InChI is InChI=1S/C24H22N2/c1-2-3-11-19-16-24(26-17-25-19)23-15-14-20(18-9-5-4-6-10-18)21-12-7-8-13-22(21)23/h2,4-7,9-10,12,14-17H,1,3,8,11,13H2. The smallest absolute Gasteiger partial charge is 0.116 e. The Morgan fingerprint density at radius 3 is 2.69 bits per heavy atom. The lowest BCUT2D eigenvalue weighted by Gasteiger charge is -2.19. The number of benzene rings is 2. The molecular weight excluding hydrogens is 316 g/mol. The van der Waals surface area contributed by atoms with Gasteiger partial charge in [-0.3, -0.25) is 0 Å².